The lowest BCUT2D eigenvalue weighted by Gasteiger charge is -2.30. The first-order valence-corrected chi connectivity index (χ1v) is 39.2. The number of nitrogens with two attached hydrogens (primary N) is 2. The fraction of sp³-hybridized carbons (Fsp3) is 0.369. The monoisotopic (exact) mass is 1650 g/mol. The van der Waals surface area contributed by atoms with E-state index in [0.29, 0.717) is 77.1 Å². The van der Waals surface area contributed by atoms with E-state index in [1.54, 1.807) is 91.0 Å². The molecule has 2 aliphatic rings. The van der Waals surface area contributed by atoms with E-state index in [9.17, 15) is 88.6 Å². The highest BCUT2D eigenvalue weighted by atomic mass is 32.1. The number of nitrogens with one attached hydrogen (secondary N) is 2. The lowest BCUT2D eigenvalue weighted by atomic mass is 9.93. The highest BCUT2D eigenvalue weighted by Crippen LogP contribution is 2.41. The molecule has 11 rings (SSSR count). The largest absolute Gasteiger partial charge is 0.480 e. The Bertz CT molecular complexity index is 4990. The molecule has 0 aliphatic carbocycles. The molecular weight excluding hydrogens is 1560 g/mol. The van der Waals surface area contributed by atoms with Crippen LogP contribution in [0.25, 0.3) is 30.3 Å². The number of unbranched alkanes of at least 4 members (excludes halogenated alkanes) is 2. The minimum atomic E-state index is -3.03. The number of benzene rings is 6. The Balaban J connectivity index is 0.000000259. The van der Waals surface area contributed by atoms with Crippen LogP contribution in [-0.2, 0) is 80.3 Å². The maximum Gasteiger partial charge on any atom is 0.345 e. The molecule has 31 heteroatoms. The molecule has 9 N–H and O–H groups in total. The summed E-state index contributed by atoms with van der Waals surface area (Å²) in [6.07, 6.45) is 2.89. The summed E-state index contributed by atoms with van der Waals surface area (Å²) in [7, 11) is 0. The standard InChI is InChI=1S/C39H41F2N3O6S.C32H35F2N3O6S.C11H8F2O2S.CH3F.CH4O/c1-3-4-12-26(21-32(45)34-22-27-19-28(39(2,40)41)15-17-33(27)51-34)37(48)44-30-14-9-8-13-25(30)20-31(44)36(47)43-29(16-18-35(42)46)38(49)50-23-24-10-6-5-7-11-24;1-3-4-7-19(16-25(38)27-17-20-14-21(32(2,33)34)10-12-26(20)44-27)30(41)37-23-9-6-5-8-18(23)15-24(37)29(40)36-22(31(42)43)11-13-28(35)39;1-11(12,13)7-2-3-8-6(4-7)5-9(16-8)10(14)15;2*1-2/h5-11,13-15,17,19,22,26,29,31H,3-4,12,16,18,20-21,23H2,1-2H3,(H2,42,46)(H,43,47);5-6,8-10,12,14,17,19,22,24H,3-4,7,11,13,15-16H2,1-2H3,(H2,35,39)(H,36,40)(H,42,43);2-5H,1H3,(H,14,15);1H3;2H,1H3/t26-,29+,31+;19-,22+,24+;;;/m11.../s1/i;;;1D;. The molecule has 0 saturated carbocycles. The second kappa shape index (κ2) is 41.5. The van der Waals surface area contributed by atoms with Gasteiger partial charge < -0.3 is 42.2 Å². The van der Waals surface area contributed by atoms with Gasteiger partial charge in [-0.1, -0.05) is 124 Å². The average Bonchev–Trinajstić information content (AvgIpc) is 1.63. The first-order valence-electron chi connectivity index (χ1n) is 37.4. The molecule has 6 atom stereocenters. The SMILES string of the molecule is CC(F)(F)c1ccc2sc(C(=O)O)cc2c1.CCCC[C@H](CC(=O)c1cc2cc(C(C)(F)F)ccc2s1)C(=O)N1c2ccccc2C[C@H]1C(=O)N[C@@H](CCC(N)=O)C(=O)O.CCCC[C@H](CC(=O)c1cc2cc(C(C)(F)F)ccc2s1)C(=O)N1c2ccccc2C[C@H]1C(=O)N[C@@H](CCC(N)=O)C(=O)OCc1ccccc1.CO.[2H]CF. The number of Topliss-reactive ketones (excluding diaryl/α,β-unsaturated/α-hetero) is 2. The second-order valence-electron chi connectivity index (χ2n) is 27.7. The van der Waals surface area contributed by atoms with E-state index in [2.05, 4.69) is 10.6 Å². The number of fused-ring (bicyclic) bond motifs is 5. The number of hydrogen-bond donors (Lipinski definition) is 7. The van der Waals surface area contributed by atoms with E-state index < -0.39 is 114 Å². The average molecular weight is 1650 g/mol. The van der Waals surface area contributed by atoms with Crippen molar-refractivity contribution in [3.8, 4) is 0 Å². The number of ketones is 2. The van der Waals surface area contributed by atoms with Crippen molar-refractivity contribution in [1.82, 2.24) is 10.6 Å². The third-order valence-corrected chi connectivity index (χ3v) is 22.5. The number of amides is 6. The van der Waals surface area contributed by atoms with Crippen LogP contribution in [0.5, 0.6) is 0 Å². The van der Waals surface area contributed by atoms with Gasteiger partial charge in [-0.15, -0.1) is 34.0 Å². The highest BCUT2D eigenvalue weighted by molar-refractivity contribution is 7.21. The van der Waals surface area contributed by atoms with Gasteiger partial charge in [-0.05, 0) is 125 Å². The van der Waals surface area contributed by atoms with E-state index in [0.717, 1.165) is 68.7 Å². The molecule has 5 heterocycles. The second-order valence-corrected chi connectivity index (χ2v) is 30.9. The van der Waals surface area contributed by atoms with Gasteiger partial charge in [0, 0.05) is 120 Å². The van der Waals surface area contributed by atoms with Crippen molar-refractivity contribution in [2.75, 3.05) is 24.1 Å². The Morgan fingerprint density at radius 1 is 0.522 bits per heavy atom. The Morgan fingerprint density at radius 2 is 0.878 bits per heavy atom. The predicted molar refractivity (Wildman–Crippen MR) is 428 cm³/mol. The number of thiophene rings is 3. The number of para-hydroxylation sites is 2. The quantitative estimate of drug-likeness (QED) is 0.0117. The van der Waals surface area contributed by atoms with Gasteiger partial charge in [0.1, 0.15) is 35.7 Å². The van der Waals surface area contributed by atoms with Gasteiger partial charge in [0.15, 0.2) is 11.6 Å². The minimum absolute atomic E-state index is 0.0404. The summed E-state index contributed by atoms with van der Waals surface area (Å²) < 4.78 is 105. The Labute approximate surface area is 672 Å². The zero-order chi connectivity index (χ0) is 85.5. The molecule has 6 amide bonds. The number of aromatic carboxylic acids is 1. The molecular formula is C84H91F7N6O15S3. The molecule has 21 nitrogen and oxygen atoms in total. The summed E-state index contributed by atoms with van der Waals surface area (Å²) in [6, 6.07) is 35.7. The van der Waals surface area contributed by atoms with Gasteiger partial charge >= 0.3 is 17.9 Å². The van der Waals surface area contributed by atoms with Gasteiger partial charge in [-0.3, -0.25) is 52.5 Å². The normalized spacial score (nSPS) is 14.7. The molecule has 0 bridgehead atoms. The number of esters is 1. The number of primary amides is 2. The molecule has 0 spiro atoms. The number of carbonyl (C=O) groups is 11. The molecule has 614 valence electrons. The third kappa shape index (κ3) is 24.6. The number of carboxylic acids is 2. The fourth-order valence-electron chi connectivity index (χ4n) is 13.1. The number of carbonyl (C=O) groups excluding carboxylic acids is 9. The number of alkyl halides is 7. The number of aliphatic hydroxyl groups excluding tert-OH is 1. The van der Waals surface area contributed by atoms with Gasteiger partial charge in [0.05, 0.1) is 18.3 Å². The number of hydrogen-bond acceptors (Lipinski definition) is 16. The Kier molecular flexibility index (Phi) is 32.4. The van der Waals surface area contributed by atoms with Crippen LogP contribution in [0.15, 0.2) is 152 Å². The first-order chi connectivity index (χ1) is 54.9. The molecule has 3 aromatic heterocycles. The number of anilines is 2. The number of rotatable bonds is 32. The van der Waals surface area contributed by atoms with E-state index in [4.69, 9.17) is 27.8 Å². The molecule has 115 heavy (non-hydrogen) atoms. The number of carboxylic acid groups (broad SMARTS) is 2. The topological polar surface area (TPSA) is 340 Å². The summed E-state index contributed by atoms with van der Waals surface area (Å²) >= 11 is 3.44. The fourth-order valence-corrected chi connectivity index (χ4v) is 15.9. The molecule has 9 aromatic rings. The summed E-state index contributed by atoms with van der Waals surface area (Å²) in [5.74, 6) is -17.7. The van der Waals surface area contributed by atoms with E-state index >= 15 is 0 Å². The van der Waals surface area contributed by atoms with Gasteiger partial charge in [-0.25, -0.2) is 40.7 Å². The molecule has 2 aliphatic heterocycles. The number of halogens is 7. The maximum atomic E-state index is 14.5. The number of ether oxygens (including phenoxy) is 1. The third-order valence-electron chi connectivity index (χ3n) is 19.0. The van der Waals surface area contributed by atoms with Gasteiger partial charge in [-0.2, -0.15) is 0 Å². The van der Waals surface area contributed by atoms with E-state index in [-0.39, 0.29) is 91.1 Å². The lowest BCUT2D eigenvalue weighted by molar-refractivity contribution is -0.149. The molecule has 0 fully saturated rings. The van der Waals surface area contributed by atoms with Crippen molar-refractivity contribution in [3.63, 3.8) is 0 Å². The van der Waals surface area contributed by atoms with Crippen LogP contribution in [0.3, 0.4) is 0 Å². The maximum absolute atomic E-state index is 14.5. The van der Waals surface area contributed by atoms with Crippen LogP contribution in [0.2, 0.25) is 0 Å². The number of nitrogens with zero attached hydrogens (tertiary/aromatic N) is 2. The minimum Gasteiger partial charge on any atom is -0.480 e. The van der Waals surface area contributed by atoms with Crippen LogP contribution in [0.4, 0.5) is 42.1 Å². The van der Waals surface area contributed by atoms with Crippen molar-refractivity contribution in [2.24, 2.45) is 23.3 Å². The summed E-state index contributed by atoms with van der Waals surface area (Å²) in [4.78, 5) is 146. The Morgan fingerprint density at radius 3 is 1.24 bits per heavy atom. The van der Waals surface area contributed by atoms with E-state index in [1.165, 1.54) is 81.0 Å². The van der Waals surface area contributed by atoms with Gasteiger partial charge in [0.2, 0.25) is 35.4 Å². The smallest absolute Gasteiger partial charge is 0.345 e. The van der Waals surface area contributed by atoms with Crippen LogP contribution >= 0.6 is 34.0 Å². The van der Waals surface area contributed by atoms with Gasteiger partial charge in [0.25, 0.3) is 17.8 Å². The van der Waals surface area contributed by atoms with Crippen LogP contribution in [-0.4, -0.2) is 119 Å². The lowest BCUT2D eigenvalue weighted by Crippen LogP contribution is -2.54. The summed E-state index contributed by atoms with van der Waals surface area (Å²) in [5, 5.41) is 32.1. The zero-order valence-electron chi connectivity index (χ0n) is 64.9. The number of aliphatic hydroxyl groups is 1. The van der Waals surface area contributed by atoms with Crippen molar-refractivity contribution in [2.45, 2.75) is 173 Å². The zero-order valence-corrected chi connectivity index (χ0v) is 66.3. The first kappa shape index (κ1) is 89.8. The molecule has 6 aromatic carbocycles. The molecule has 0 saturated heterocycles. The van der Waals surface area contributed by atoms with Crippen molar-refractivity contribution < 1.29 is 105 Å². The molecule has 0 unspecified atom stereocenters. The van der Waals surface area contributed by atoms with Crippen LogP contribution in [0.1, 0.15) is 175 Å². The van der Waals surface area contributed by atoms with Crippen molar-refractivity contribution in [3.05, 3.63) is 200 Å². The highest BCUT2D eigenvalue weighted by Gasteiger charge is 2.45. The summed E-state index contributed by atoms with van der Waals surface area (Å²) in [5.41, 5.74) is 13.4. The predicted octanol–water partition coefficient (Wildman–Crippen LogP) is 15.9. The number of aliphatic carboxylic acids is 1. The molecule has 0 radical (unpaired) electrons. The van der Waals surface area contributed by atoms with Crippen LogP contribution < -0.4 is 31.9 Å². The van der Waals surface area contributed by atoms with Crippen molar-refractivity contribution in [1.29, 1.82) is 0 Å². The summed E-state index contributed by atoms with van der Waals surface area (Å²) in [6.45, 7) is 6.33. The van der Waals surface area contributed by atoms with Crippen LogP contribution in [0, 0.1) is 11.8 Å². The van der Waals surface area contributed by atoms with Crippen molar-refractivity contribution >= 4 is 141 Å². The Hall–Kier alpha value is -10.8. The van der Waals surface area contributed by atoms with E-state index in [1.807, 2.05) is 26.0 Å².